The fraction of sp³-hybridized carbons (Fsp3) is 0.235. The number of aliphatic imine (C=N–C) groups is 1. The Morgan fingerprint density at radius 1 is 1.10 bits per heavy atom. The summed E-state index contributed by atoms with van der Waals surface area (Å²) in [5.74, 6) is -0.377. The van der Waals surface area contributed by atoms with Crippen molar-refractivity contribution in [3.8, 4) is 5.75 Å². The van der Waals surface area contributed by atoms with E-state index in [1.54, 1.807) is 12.1 Å². The number of sulfonamides is 1. The van der Waals surface area contributed by atoms with Crippen LogP contribution < -0.4 is 20.5 Å². The minimum Gasteiger partial charge on any atom is -0.406 e. The molecule has 0 aliphatic carbocycles. The third-order valence-electron chi connectivity index (χ3n) is 3.38. The maximum Gasteiger partial charge on any atom is 0.573 e. The first-order valence-electron chi connectivity index (χ1n) is 8.04. The van der Waals surface area contributed by atoms with E-state index in [1.807, 2.05) is 6.92 Å². The summed E-state index contributed by atoms with van der Waals surface area (Å²) in [5, 5.41) is 2.68. The van der Waals surface area contributed by atoms with Crippen molar-refractivity contribution in [2.75, 3.05) is 18.4 Å². The number of benzene rings is 2. The number of alkyl halides is 3. The van der Waals surface area contributed by atoms with Crippen molar-refractivity contribution in [3.05, 3.63) is 54.1 Å². The first kappa shape index (κ1) is 25.0. The average molecular weight is 544 g/mol. The van der Waals surface area contributed by atoms with E-state index < -0.39 is 16.4 Å². The van der Waals surface area contributed by atoms with Gasteiger partial charge < -0.3 is 15.8 Å². The van der Waals surface area contributed by atoms with E-state index in [1.165, 1.54) is 24.3 Å². The highest BCUT2D eigenvalue weighted by molar-refractivity contribution is 14.0. The van der Waals surface area contributed by atoms with Gasteiger partial charge in [0.05, 0.1) is 11.4 Å². The fourth-order valence-corrected chi connectivity index (χ4v) is 3.11. The van der Waals surface area contributed by atoms with E-state index >= 15 is 0 Å². The predicted molar refractivity (Wildman–Crippen MR) is 115 cm³/mol. The van der Waals surface area contributed by atoms with E-state index in [2.05, 4.69) is 19.8 Å². The molecule has 29 heavy (non-hydrogen) atoms. The predicted octanol–water partition coefficient (Wildman–Crippen LogP) is 3.22. The van der Waals surface area contributed by atoms with E-state index in [4.69, 9.17) is 5.73 Å². The molecule has 12 heteroatoms. The van der Waals surface area contributed by atoms with Crippen LogP contribution in [0.15, 0.2) is 58.4 Å². The maximum absolute atomic E-state index is 12.1. The van der Waals surface area contributed by atoms with Crippen LogP contribution in [0.3, 0.4) is 0 Å². The summed E-state index contributed by atoms with van der Waals surface area (Å²) in [6.45, 7) is 1.95. The van der Waals surface area contributed by atoms with Gasteiger partial charge in [0.1, 0.15) is 5.75 Å². The molecule has 4 N–H and O–H groups in total. The lowest BCUT2D eigenvalue weighted by Gasteiger charge is -2.10. The van der Waals surface area contributed by atoms with Crippen LogP contribution in [-0.4, -0.2) is 33.8 Å². The van der Waals surface area contributed by atoms with E-state index in [-0.39, 0.29) is 53.7 Å². The van der Waals surface area contributed by atoms with Crippen LogP contribution in [-0.2, 0) is 10.0 Å². The first-order valence-corrected chi connectivity index (χ1v) is 9.52. The molecule has 0 radical (unpaired) electrons. The largest absolute Gasteiger partial charge is 0.573 e. The Morgan fingerprint density at radius 2 is 1.69 bits per heavy atom. The lowest BCUT2D eigenvalue weighted by atomic mass is 10.2. The molecule has 0 amide bonds. The summed E-state index contributed by atoms with van der Waals surface area (Å²) in [7, 11) is -3.64. The minimum absolute atomic E-state index is 0. The molecule has 0 fully saturated rings. The van der Waals surface area contributed by atoms with Gasteiger partial charge in [-0.15, -0.1) is 37.1 Å². The molecule has 0 saturated heterocycles. The zero-order chi connectivity index (χ0) is 20.8. The SMILES string of the molecule is Cc1ccc(S(=O)(=O)NCCN=C(N)Nc2ccc(OC(F)(F)F)cc2)cc1.I. The Kier molecular flexibility index (Phi) is 9.16. The quantitative estimate of drug-likeness (QED) is 0.215. The van der Waals surface area contributed by atoms with E-state index in [0.29, 0.717) is 5.69 Å². The number of nitrogens with one attached hydrogen (secondary N) is 2. The number of aryl methyl sites for hydroxylation is 1. The molecule has 0 unspecified atom stereocenters. The summed E-state index contributed by atoms with van der Waals surface area (Å²) >= 11 is 0. The van der Waals surface area contributed by atoms with Gasteiger partial charge in [-0.05, 0) is 43.3 Å². The summed E-state index contributed by atoms with van der Waals surface area (Å²) in [6.07, 6.45) is -4.76. The summed E-state index contributed by atoms with van der Waals surface area (Å²) in [4.78, 5) is 4.10. The summed E-state index contributed by atoms with van der Waals surface area (Å²) in [6, 6.07) is 11.3. The highest BCUT2D eigenvalue weighted by Crippen LogP contribution is 2.23. The van der Waals surface area contributed by atoms with Crippen LogP contribution in [0.25, 0.3) is 0 Å². The molecule has 0 aliphatic heterocycles. The third-order valence-corrected chi connectivity index (χ3v) is 4.85. The van der Waals surface area contributed by atoms with E-state index in [9.17, 15) is 21.6 Å². The smallest absolute Gasteiger partial charge is 0.406 e. The van der Waals surface area contributed by atoms with Crippen molar-refractivity contribution in [3.63, 3.8) is 0 Å². The number of halogens is 4. The number of hydrogen-bond acceptors (Lipinski definition) is 4. The molecule has 0 atom stereocenters. The number of anilines is 1. The highest BCUT2D eigenvalue weighted by Gasteiger charge is 2.30. The van der Waals surface area contributed by atoms with Crippen LogP contribution in [0.2, 0.25) is 0 Å². The Hall–Kier alpha value is -2.06. The molecule has 0 heterocycles. The molecular weight excluding hydrogens is 524 g/mol. The Morgan fingerprint density at radius 3 is 2.24 bits per heavy atom. The lowest BCUT2D eigenvalue weighted by molar-refractivity contribution is -0.274. The third kappa shape index (κ3) is 8.87. The van der Waals surface area contributed by atoms with E-state index in [0.717, 1.165) is 17.7 Å². The second-order valence-corrected chi connectivity index (χ2v) is 7.44. The van der Waals surface area contributed by atoms with Crippen LogP contribution in [0, 0.1) is 6.92 Å². The second kappa shape index (κ2) is 10.6. The summed E-state index contributed by atoms with van der Waals surface area (Å²) in [5.41, 5.74) is 7.02. The van der Waals surface area contributed by atoms with Gasteiger partial charge in [-0.2, -0.15) is 0 Å². The van der Waals surface area contributed by atoms with Crippen molar-refractivity contribution in [1.29, 1.82) is 0 Å². The van der Waals surface area contributed by atoms with Gasteiger partial charge in [0.25, 0.3) is 0 Å². The van der Waals surface area contributed by atoms with Crippen LogP contribution >= 0.6 is 24.0 Å². The molecule has 2 rings (SSSR count). The molecule has 160 valence electrons. The normalized spacial score (nSPS) is 12.2. The van der Waals surface area contributed by atoms with Crippen molar-refractivity contribution in [2.45, 2.75) is 18.2 Å². The molecule has 2 aromatic carbocycles. The minimum atomic E-state index is -4.76. The van der Waals surface area contributed by atoms with Crippen LogP contribution in [0.1, 0.15) is 5.56 Å². The molecule has 0 aromatic heterocycles. The van der Waals surface area contributed by atoms with Crippen molar-refractivity contribution < 1.29 is 26.3 Å². The van der Waals surface area contributed by atoms with Gasteiger partial charge in [0, 0.05) is 12.2 Å². The topological polar surface area (TPSA) is 106 Å². The van der Waals surface area contributed by atoms with Crippen molar-refractivity contribution >= 4 is 45.6 Å². The molecule has 2 aromatic rings. The molecule has 0 saturated carbocycles. The van der Waals surface area contributed by atoms with Crippen LogP contribution in [0.5, 0.6) is 5.75 Å². The number of rotatable bonds is 7. The van der Waals surface area contributed by atoms with Crippen LogP contribution in [0.4, 0.5) is 18.9 Å². The zero-order valence-electron chi connectivity index (χ0n) is 15.2. The van der Waals surface area contributed by atoms with Crippen molar-refractivity contribution in [1.82, 2.24) is 4.72 Å². The zero-order valence-corrected chi connectivity index (χ0v) is 18.4. The van der Waals surface area contributed by atoms with Gasteiger partial charge in [-0.3, -0.25) is 4.99 Å². The lowest BCUT2D eigenvalue weighted by Crippen LogP contribution is -2.28. The first-order chi connectivity index (χ1) is 13.0. The standard InChI is InChI=1S/C17H19F3N4O3S.HI/c1-12-2-8-15(9-3-12)28(25,26)23-11-10-22-16(21)24-13-4-6-14(7-5-13)27-17(18,19)20;/h2-9,23H,10-11H2,1H3,(H3,21,22,24);1H. The number of ether oxygens (including phenoxy) is 1. The molecular formula is C17H20F3IN4O3S. The van der Waals surface area contributed by atoms with Gasteiger partial charge in [0.2, 0.25) is 10.0 Å². The van der Waals surface area contributed by atoms with Gasteiger partial charge in [-0.25, -0.2) is 13.1 Å². The Bertz CT molecular complexity index is 918. The molecule has 0 aliphatic rings. The highest BCUT2D eigenvalue weighted by atomic mass is 127. The fourth-order valence-electron chi connectivity index (χ4n) is 2.08. The van der Waals surface area contributed by atoms with Gasteiger partial charge in [-0.1, -0.05) is 17.7 Å². The molecule has 7 nitrogen and oxygen atoms in total. The maximum atomic E-state index is 12.1. The van der Waals surface area contributed by atoms with Crippen molar-refractivity contribution in [2.24, 2.45) is 10.7 Å². The van der Waals surface area contributed by atoms with Gasteiger partial charge >= 0.3 is 6.36 Å². The number of nitrogens with two attached hydrogens (primary N) is 1. The second-order valence-electron chi connectivity index (χ2n) is 5.67. The average Bonchev–Trinajstić information content (AvgIpc) is 2.60. The Labute approximate surface area is 183 Å². The monoisotopic (exact) mass is 544 g/mol. The summed E-state index contributed by atoms with van der Waals surface area (Å²) < 4.78 is 66.7. The number of nitrogens with zero attached hydrogens (tertiary/aromatic N) is 1. The van der Waals surface area contributed by atoms with Gasteiger partial charge in [0.15, 0.2) is 5.96 Å². The number of guanidine groups is 1. The Balaban J connectivity index is 0.00000420. The molecule has 0 bridgehead atoms. The molecule has 0 spiro atoms. The number of hydrogen-bond donors (Lipinski definition) is 3.